The predicted octanol–water partition coefficient (Wildman–Crippen LogP) is 3.34. The number of fused-ring (bicyclic) bond motifs is 1. The fraction of sp³-hybridized carbons (Fsp3) is 0.259. The van der Waals surface area contributed by atoms with Gasteiger partial charge in [0.1, 0.15) is 5.75 Å². The molecule has 0 unspecified atom stereocenters. The van der Waals surface area contributed by atoms with Gasteiger partial charge in [0.15, 0.2) is 0 Å². The van der Waals surface area contributed by atoms with E-state index < -0.39 is 15.9 Å². The molecule has 1 N–H and O–H groups in total. The van der Waals surface area contributed by atoms with Gasteiger partial charge in [0.05, 0.1) is 19.9 Å². The predicted molar refractivity (Wildman–Crippen MR) is 140 cm³/mol. The number of sulfonamides is 1. The van der Waals surface area contributed by atoms with Crippen LogP contribution in [0.3, 0.4) is 0 Å². The Morgan fingerprint density at radius 3 is 2.42 bits per heavy atom. The van der Waals surface area contributed by atoms with E-state index in [0.717, 1.165) is 23.1 Å². The number of hydrogen-bond donors (Lipinski definition) is 1. The monoisotopic (exact) mass is 507 g/mol. The lowest BCUT2D eigenvalue weighted by Crippen LogP contribution is -2.38. The van der Waals surface area contributed by atoms with Gasteiger partial charge >= 0.3 is 0 Å². The van der Waals surface area contributed by atoms with Crippen molar-refractivity contribution in [3.8, 4) is 5.75 Å². The third kappa shape index (κ3) is 6.10. The average molecular weight is 508 g/mol. The Labute approximate surface area is 211 Å². The first-order valence-corrected chi connectivity index (χ1v) is 13.5. The normalized spacial score (nSPS) is 12.9. The highest BCUT2D eigenvalue weighted by molar-refractivity contribution is 7.88. The van der Waals surface area contributed by atoms with Crippen LogP contribution in [0.15, 0.2) is 72.8 Å². The Balaban J connectivity index is 1.44. The minimum Gasteiger partial charge on any atom is -0.497 e. The first-order chi connectivity index (χ1) is 17.2. The van der Waals surface area contributed by atoms with Crippen molar-refractivity contribution in [3.63, 3.8) is 0 Å². The summed E-state index contributed by atoms with van der Waals surface area (Å²) in [6.45, 7) is 0.445. The molecule has 36 heavy (non-hydrogen) atoms. The van der Waals surface area contributed by atoms with Gasteiger partial charge in [0, 0.05) is 30.0 Å². The van der Waals surface area contributed by atoms with Gasteiger partial charge in [-0.05, 0) is 60.4 Å². The van der Waals surface area contributed by atoms with Crippen LogP contribution >= 0.6 is 0 Å². The van der Waals surface area contributed by atoms with Crippen molar-refractivity contribution in [2.75, 3.05) is 43.2 Å². The molecule has 0 radical (unpaired) electrons. The lowest BCUT2D eigenvalue weighted by atomic mass is 10.1. The highest BCUT2D eigenvalue weighted by atomic mass is 32.2. The van der Waals surface area contributed by atoms with Crippen LogP contribution < -0.4 is 15.0 Å². The number of ether oxygens (including phenoxy) is 1. The van der Waals surface area contributed by atoms with Gasteiger partial charge in [-0.25, -0.2) is 8.42 Å². The van der Waals surface area contributed by atoms with Crippen LogP contribution in [0.25, 0.3) is 0 Å². The number of carbonyl (C=O) groups is 2. The molecule has 9 heteroatoms. The third-order valence-corrected chi connectivity index (χ3v) is 7.38. The SMILES string of the molecule is COc1ccc(C(=O)N2CCc3ccc(NC(=O)CN(CCc4ccccc4)S(C)(=O)=O)cc32)cc1. The maximum Gasteiger partial charge on any atom is 0.258 e. The zero-order chi connectivity index (χ0) is 25.7. The maximum absolute atomic E-state index is 13.1. The minimum atomic E-state index is -3.58. The van der Waals surface area contributed by atoms with E-state index in [0.29, 0.717) is 36.4 Å². The first kappa shape index (κ1) is 25.4. The topological polar surface area (TPSA) is 96.0 Å². The zero-order valence-electron chi connectivity index (χ0n) is 20.3. The first-order valence-electron chi connectivity index (χ1n) is 11.6. The van der Waals surface area contributed by atoms with Gasteiger partial charge in [-0.2, -0.15) is 4.31 Å². The second-order valence-corrected chi connectivity index (χ2v) is 10.6. The van der Waals surface area contributed by atoms with Crippen molar-refractivity contribution in [2.24, 2.45) is 0 Å². The van der Waals surface area contributed by atoms with Crippen molar-refractivity contribution in [2.45, 2.75) is 12.8 Å². The van der Waals surface area contributed by atoms with Crippen LogP contribution in [-0.2, 0) is 27.7 Å². The van der Waals surface area contributed by atoms with Crippen LogP contribution in [-0.4, -0.2) is 57.5 Å². The fourth-order valence-corrected chi connectivity index (χ4v) is 4.95. The van der Waals surface area contributed by atoms with Crippen LogP contribution in [0.2, 0.25) is 0 Å². The van der Waals surface area contributed by atoms with Crippen LogP contribution in [0, 0.1) is 0 Å². The molecule has 0 saturated heterocycles. The van der Waals surface area contributed by atoms with E-state index >= 15 is 0 Å². The van der Waals surface area contributed by atoms with E-state index in [4.69, 9.17) is 4.74 Å². The molecule has 0 atom stereocenters. The number of nitrogens with one attached hydrogen (secondary N) is 1. The van der Waals surface area contributed by atoms with E-state index in [2.05, 4.69) is 5.32 Å². The Hall–Kier alpha value is -3.69. The van der Waals surface area contributed by atoms with Gasteiger partial charge in [-0.1, -0.05) is 36.4 Å². The summed E-state index contributed by atoms with van der Waals surface area (Å²) in [4.78, 5) is 27.6. The van der Waals surface area contributed by atoms with E-state index in [1.165, 1.54) is 4.31 Å². The molecule has 0 bridgehead atoms. The number of anilines is 2. The summed E-state index contributed by atoms with van der Waals surface area (Å²) < 4.78 is 30.9. The molecule has 0 fully saturated rings. The number of benzene rings is 3. The minimum absolute atomic E-state index is 0.135. The molecule has 0 saturated carbocycles. The zero-order valence-corrected chi connectivity index (χ0v) is 21.1. The van der Waals surface area contributed by atoms with Gasteiger partial charge in [-0.15, -0.1) is 0 Å². The highest BCUT2D eigenvalue weighted by Crippen LogP contribution is 2.32. The summed E-state index contributed by atoms with van der Waals surface area (Å²) in [5.74, 6) is 0.0915. The molecule has 3 aromatic rings. The standard InChI is InChI=1S/C27H29N3O5S/c1-35-24-12-9-22(10-13-24)27(32)30-17-15-21-8-11-23(18-25(21)30)28-26(31)19-29(36(2,33)34)16-14-20-6-4-3-5-7-20/h3-13,18H,14-17,19H2,1-2H3,(H,28,31). The van der Waals surface area contributed by atoms with Crippen LogP contribution in [0.5, 0.6) is 5.75 Å². The summed E-state index contributed by atoms with van der Waals surface area (Å²) in [5.41, 5.74) is 3.78. The largest absolute Gasteiger partial charge is 0.497 e. The van der Waals surface area contributed by atoms with Gasteiger partial charge in [0.25, 0.3) is 5.91 Å². The Kier molecular flexibility index (Phi) is 7.71. The molecule has 0 aromatic heterocycles. The number of nitrogens with zero attached hydrogens (tertiary/aromatic N) is 2. The molecule has 8 nitrogen and oxygen atoms in total. The van der Waals surface area contributed by atoms with Gasteiger partial charge in [0.2, 0.25) is 15.9 Å². The van der Waals surface area contributed by atoms with Crippen LogP contribution in [0.1, 0.15) is 21.5 Å². The third-order valence-electron chi connectivity index (χ3n) is 6.13. The number of carbonyl (C=O) groups excluding carboxylic acids is 2. The molecular formula is C27H29N3O5S. The molecule has 0 spiro atoms. The quantitative estimate of drug-likeness (QED) is 0.479. The lowest BCUT2D eigenvalue weighted by Gasteiger charge is -2.20. The van der Waals surface area contributed by atoms with E-state index in [9.17, 15) is 18.0 Å². The smallest absolute Gasteiger partial charge is 0.258 e. The van der Waals surface area contributed by atoms with Crippen LogP contribution in [0.4, 0.5) is 11.4 Å². The highest BCUT2D eigenvalue weighted by Gasteiger charge is 2.26. The van der Waals surface area contributed by atoms with E-state index in [1.54, 1.807) is 48.4 Å². The molecule has 4 rings (SSSR count). The van der Waals surface area contributed by atoms with Crippen molar-refractivity contribution in [3.05, 3.63) is 89.5 Å². The number of hydrogen-bond acceptors (Lipinski definition) is 5. The second kappa shape index (κ2) is 10.9. The fourth-order valence-electron chi connectivity index (χ4n) is 4.18. The van der Waals surface area contributed by atoms with Crippen molar-refractivity contribution >= 4 is 33.2 Å². The van der Waals surface area contributed by atoms with E-state index in [1.807, 2.05) is 36.4 Å². The second-order valence-electron chi connectivity index (χ2n) is 8.66. The van der Waals surface area contributed by atoms with Crippen molar-refractivity contribution in [1.29, 1.82) is 0 Å². The average Bonchev–Trinajstić information content (AvgIpc) is 3.29. The Bertz CT molecular complexity index is 1340. The summed E-state index contributed by atoms with van der Waals surface area (Å²) in [6, 6.07) is 21.9. The summed E-state index contributed by atoms with van der Waals surface area (Å²) >= 11 is 0. The van der Waals surface area contributed by atoms with Crippen molar-refractivity contribution < 1.29 is 22.7 Å². The molecule has 3 aromatic carbocycles. The lowest BCUT2D eigenvalue weighted by molar-refractivity contribution is -0.116. The molecule has 0 aliphatic carbocycles. The molecule has 2 amide bonds. The summed E-state index contributed by atoms with van der Waals surface area (Å²) in [5, 5.41) is 2.79. The number of rotatable bonds is 9. The Morgan fingerprint density at radius 1 is 1.03 bits per heavy atom. The van der Waals surface area contributed by atoms with Gasteiger partial charge < -0.3 is 15.0 Å². The number of amides is 2. The summed E-state index contributed by atoms with van der Waals surface area (Å²) in [6.07, 6.45) is 2.32. The molecular weight excluding hydrogens is 478 g/mol. The van der Waals surface area contributed by atoms with Crippen molar-refractivity contribution in [1.82, 2.24) is 4.31 Å². The van der Waals surface area contributed by atoms with E-state index in [-0.39, 0.29) is 19.0 Å². The molecule has 188 valence electrons. The van der Waals surface area contributed by atoms with Gasteiger partial charge in [-0.3, -0.25) is 9.59 Å². The molecule has 1 heterocycles. The maximum atomic E-state index is 13.1. The summed E-state index contributed by atoms with van der Waals surface area (Å²) in [7, 11) is -2.01. The molecule has 1 aliphatic heterocycles. The molecule has 1 aliphatic rings. The number of methoxy groups -OCH3 is 1. The Morgan fingerprint density at radius 2 is 1.75 bits per heavy atom.